The molecule has 150 valence electrons. The second kappa shape index (κ2) is 9.25. The maximum absolute atomic E-state index is 6.57. The van der Waals surface area contributed by atoms with Gasteiger partial charge in [0.1, 0.15) is 0 Å². The molecule has 1 aromatic heterocycles. The third-order valence-electron chi connectivity index (χ3n) is 5.43. The van der Waals surface area contributed by atoms with Crippen molar-refractivity contribution >= 4 is 46.2 Å². The van der Waals surface area contributed by atoms with Gasteiger partial charge < -0.3 is 10.2 Å². The predicted octanol–water partition coefficient (Wildman–Crippen LogP) is 7.11. The number of benzene rings is 2. The van der Waals surface area contributed by atoms with Gasteiger partial charge in [-0.2, -0.15) is 0 Å². The van der Waals surface area contributed by atoms with Crippen molar-refractivity contribution in [3.63, 3.8) is 0 Å². The molecule has 2 aromatic carbocycles. The van der Waals surface area contributed by atoms with Gasteiger partial charge in [-0.25, -0.2) is 0 Å². The van der Waals surface area contributed by atoms with Crippen molar-refractivity contribution in [3.8, 4) is 0 Å². The van der Waals surface area contributed by atoms with Crippen molar-refractivity contribution in [2.75, 3.05) is 23.3 Å². The number of nitrogens with one attached hydrogen (secondary N) is 1. The number of piperidine rings is 1. The maximum Gasteiger partial charge on any atom is 0.0557 e. The highest BCUT2D eigenvalue weighted by Crippen LogP contribution is 2.40. The van der Waals surface area contributed by atoms with E-state index in [0.717, 1.165) is 52.9 Å². The zero-order chi connectivity index (χ0) is 20.2. The number of nitrogens with zero attached hydrogens (tertiary/aromatic N) is 2. The fourth-order valence-electron chi connectivity index (χ4n) is 3.96. The number of anilines is 2. The zero-order valence-electron chi connectivity index (χ0n) is 15.9. The van der Waals surface area contributed by atoms with Crippen LogP contribution in [0, 0.1) is 5.92 Å². The Hall–Kier alpha value is -1.94. The average Bonchev–Trinajstić information content (AvgIpc) is 2.74. The smallest absolute Gasteiger partial charge is 0.0557 e. The Morgan fingerprint density at radius 1 is 0.897 bits per heavy atom. The number of hydrogen-bond acceptors (Lipinski definition) is 3. The second-order valence-corrected chi connectivity index (χ2v) is 8.65. The highest BCUT2D eigenvalue weighted by Gasteiger charge is 2.30. The lowest BCUT2D eigenvalue weighted by molar-refractivity contribution is 0.372. The van der Waals surface area contributed by atoms with E-state index in [1.54, 1.807) is 0 Å². The zero-order valence-corrected chi connectivity index (χ0v) is 18.1. The van der Waals surface area contributed by atoms with Crippen molar-refractivity contribution in [2.24, 2.45) is 5.92 Å². The van der Waals surface area contributed by atoms with Crippen LogP contribution < -0.4 is 10.2 Å². The molecule has 1 aliphatic rings. The monoisotopic (exact) mass is 445 g/mol. The predicted molar refractivity (Wildman–Crippen MR) is 123 cm³/mol. The summed E-state index contributed by atoms with van der Waals surface area (Å²) in [5, 5.41) is 5.65. The van der Waals surface area contributed by atoms with Gasteiger partial charge in [0, 0.05) is 51.9 Å². The molecule has 3 nitrogen and oxygen atoms in total. The van der Waals surface area contributed by atoms with Crippen molar-refractivity contribution in [3.05, 3.63) is 87.6 Å². The van der Waals surface area contributed by atoms with Crippen LogP contribution >= 0.6 is 34.8 Å². The van der Waals surface area contributed by atoms with Crippen LogP contribution in [0.15, 0.2) is 67.0 Å². The van der Waals surface area contributed by atoms with Gasteiger partial charge >= 0.3 is 0 Å². The molecule has 2 atom stereocenters. The molecule has 1 aliphatic heterocycles. The fraction of sp³-hybridized carbons (Fsp3) is 0.261. The average molecular weight is 447 g/mol. The Balaban J connectivity index is 1.56. The van der Waals surface area contributed by atoms with E-state index in [1.807, 2.05) is 54.9 Å². The first-order valence-corrected chi connectivity index (χ1v) is 10.8. The first kappa shape index (κ1) is 20.3. The van der Waals surface area contributed by atoms with Crippen LogP contribution in [0.2, 0.25) is 15.1 Å². The van der Waals surface area contributed by atoms with E-state index >= 15 is 0 Å². The first-order valence-electron chi connectivity index (χ1n) is 9.71. The van der Waals surface area contributed by atoms with Gasteiger partial charge in [0.2, 0.25) is 0 Å². The normalized spacial score (nSPS) is 19.2. The third-order valence-corrected chi connectivity index (χ3v) is 6.25. The lowest BCUT2D eigenvalue weighted by Crippen LogP contribution is -2.40. The Bertz CT molecular complexity index is 947. The van der Waals surface area contributed by atoms with Crippen LogP contribution in [-0.4, -0.2) is 18.1 Å². The maximum atomic E-state index is 6.57. The van der Waals surface area contributed by atoms with E-state index in [0.29, 0.717) is 10.9 Å². The summed E-state index contributed by atoms with van der Waals surface area (Å²) in [5.74, 6) is 0.515. The van der Waals surface area contributed by atoms with Gasteiger partial charge in [-0.05, 0) is 72.9 Å². The van der Waals surface area contributed by atoms with Crippen molar-refractivity contribution in [1.29, 1.82) is 0 Å². The van der Waals surface area contributed by atoms with Crippen molar-refractivity contribution in [1.82, 2.24) is 4.98 Å². The van der Waals surface area contributed by atoms with E-state index in [1.165, 1.54) is 0 Å². The summed E-state index contributed by atoms with van der Waals surface area (Å²) in [4.78, 5) is 6.51. The first-order chi connectivity index (χ1) is 14.1. The third kappa shape index (κ3) is 4.98. The lowest BCUT2D eigenvalue weighted by atomic mass is 9.88. The lowest BCUT2D eigenvalue weighted by Gasteiger charge is -2.42. The summed E-state index contributed by atoms with van der Waals surface area (Å²) in [6.45, 7) is 1.85. The van der Waals surface area contributed by atoms with Crippen LogP contribution in [0.5, 0.6) is 0 Å². The molecule has 6 heteroatoms. The van der Waals surface area contributed by atoms with E-state index in [9.17, 15) is 0 Å². The van der Waals surface area contributed by atoms with E-state index in [2.05, 4.69) is 27.3 Å². The minimum atomic E-state index is 0.207. The van der Waals surface area contributed by atoms with E-state index in [-0.39, 0.29) is 6.04 Å². The molecule has 0 bridgehead atoms. The highest BCUT2D eigenvalue weighted by atomic mass is 35.5. The minimum Gasteiger partial charge on any atom is -0.385 e. The Morgan fingerprint density at radius 2 is 1.62 bits per heavy atom. The molecule has 1 fully saturated rings. The molecule has 29 heavy (non-hydrogen) atoms. The van der Waals surface area contributed by atoms with Crippen molar-refractivity contribution < 1.29 is 0 Å². The summed E-state index contributed by atoms with van der Waals surface area (Å²) >= 11 is 18.8. The van der Waals surface area contributed by atoms with Crippen LogP contribution in [0.3, 0.4) is 0 Å². The topological polar surface area (TPSA) is 28.2 Å². The number of halogens is 3. The summed E-state index contributed by atoms with van der Waals surface area (Å²) in [7, 11) is 0. The molecule has 0 amide bonds. The summed E-state index contributed by atoms with van der Waals surface area (Å²) < 4.78 is 0. The Labute approximate surface area is 186 Å². The molecular weight excluding hydrogens is 425 g/mol. The molecular formula is C23H22Cl3N3. The van der Waals surface area contributed by atoms with E-state index < -0.39 is 0 Å². The van der Waals surface area contributed by atoms with Crippen LogP contribution in [0.4, 0.5) is 11.4 Å². The number of hydrogen-bond donors (Lipinski definition) is 1. The summed E-state index contributed by atoms with van der Waals surface area (Å²) in [6.07, 6.45) is 5.75. The Kier molecular flexibility index (Phi) is 6.49. The molecule has 2 heterocycles. The van der Waals surface area contributed by atoms with E-state index in [4.69, 9.17) is 34.8 Å². The van der Waals surface area contributed by atoms with Gasteiger partial charge in [-0.1, -0.05) is 40.9 Å². The molecule has 1 saturated heterocycles. The molecule has 3 aromatic rings. The molecule has 0 saturated carbocycles. The van der Waals surface area contributed by atoms with Crippen molar-refractivity contribution in [2.45, 2.75) is 18.9 Å². The molecule has 0 radical (unpaired) electrons. The number of rotatable bonds is 5. The summed E-state index contributed by atoms with van der Waals surface area (Å²) in [5.41, 5.74) is 3.37. The van der Waals surface area contributed by atoms with Crippen LogP contribution in [-0.2, 0) is 0 Å². The second-order valence-electron chi connectivity index (χ2n) is 7.37. The standard InChI is InChI=1S/C23H22Cl3N3/c24-17-2-5-20(6-3-17)29-15-16(14-28-19-9-11-27-12-10-19)1-8-23(29)21-7-4-18(25)13-22(21)26/h2-7,9-13,16,23H,1,8,14-15H2,(H,27,28)/t16-,23-/m0/s1. The SMILES string of the molecule is Clc1ccc(N2C[C@H](CNc3ccncc3)CC[C@H]2c2ccc(Cl)cc2Cl)cc1. The number of pyridine rings is 1. The van der Waals surface area contributed by atoms with Gasteiger partial charge in [0.05, 0.1) is 6.04 Å². The molecule has 0 spiro atoms. The molecule has 1 N–H and O–H groups in total. The molecule has 4 rings (SSSR count). The molecule has 0 unspecified atom stereocenters. The van der Waals surface area contributed by atoms with Gasteiger partial charge in [0.25, 0.3) is 0 Å². The minimum absolute atomic E-state index is 0.207. The fourth-order valence-corrected chi connectivity index (χ4v) is 4.62. The summed E-state index contributed by atoms with van der Waals surface area (Å²) in [6, 6.07) is 18.0. The van der Waals surface area contributed by atoms with Crippen LogP contribution in [0.25, 0.3) is 0 Å². The quantitative estimate of drug-likeness (QED) is 0.452. The molecule has 0 aliphatic carbocycles. The Morgan fingerprint density at radius 3 is 2.34 bits per heavy atom. The largest absolute Gasteiger partial charge is 0.385 e. The van der Waals surface area contributed by atoms with Gasteiger partial charge in [-0.3, -0.25) is 4.98 Å². The highest BCUT2D eigenvalue weighted by molar-refractivity contribution is 6.35. The number of aromatic nitrogens is 1. The van der Waals surface area contributed by atoms with Crippen LogP contribution in [0.1, 0.15) is 24.4 Å². The van der Waals surface area contributed by atoms with Gasteiger partial charge in [-0.15, -0.1) is 0 Å². The van der Waals surface area contributed by atoms with Gasteiger partial charge in [0.15, 0.2) is 0 Å².